The van der Waals surface area contributed by atoms with Crippen molar-refractivity contribution in [3.05, 3.63) is 65.5 Å². The molecule has 1 saturated heterocycles. The summed E-state index contributed by atoms with van der Waals surface area (Å²) in [5, 5.41) is 2.46. The number of carbonyl (C=O) groups is 2. The van der Waals surface area contributed by atoms with Gasteiger partial charge in [-0.05, 0) is 24.3 Å². The summed E-state index contributed by atoms with van der Waals surface area (Å²) in [7, 11) is 0. The van der Waals surface area contributed by atoms with Gasteiger partial charge >= 0.3 is 0 Å². The van der Waals surface area contributed by atoms with Gasteiger partial charge in [0.15, 0.2) is 0 Å². The van der Waals surface area contributed by atoms with Gasteiger partial charge in [-0.1, -0.05) is 12.1 Å². The van der Waals surface area contributed by atoms with Crippen molar-refractivity contribution in [3.63, 3.8) is 0 Å². The molecule has 0 radical (unpaired) electrons. The number of anilines is 1. The molecule has 3 rings (SSSR count). The van der Waals surface area contributed by atoms with Crippen LogP contribution in [0.5, 0.6) is 0 Å². The lowest BCUT2D eigenvalue weighted by molar-refractivity contribution is -0.131. The molecule has 0 spiro atoms. The molecule has 5 nitrogen and oxygen atoms in total. The number of amides is 2. The molecule has 2 amide bonds. The van der Waals surface area contributed by atoms with Crippen molar-refractivity contribution < 1.29 is 22.8 Å². The van der Waals surface area contributed by atoms with E-state index in [4.69, 9.17) is 0 Å². The molecule has 0 unspecified atom stereocenters. The molecule has 2 aromatic rings. The molecule has 28 heavy (non-hydrogen) atoms. The Morgan fingerprint density at radius 3 is 2.32 bits per heavy atom. The van der Waals surface area contributed by atoms with Crippen molar-refractivity contribution in [1.29, 1.82) is 0 Å². The average molecular weight is 391 g/mol. The Hall–Kier alpha value is -3.03. The Balaban J connectivity index is 1.45. The number of halogens is 3. The van der Waals surface area contributed by atoms with Gasteiger partial charge in [0.1, 0.15) is 17.5 Å². The summed E-state index contributed by atoms with van der Waals surface area (Å²) in [6.45, 7) is 1.98. The van der Waals surface area contributed by atoms with Crippen molar-refractivity contribution in [2.45, 2.75) is 6.42 Å². The highest BCUT2D eigenvalue weighted by Gasteiger charge is 2.22. The third-order valence-electron chi connectivity index (χ3n) is 4.63. The summed E-state index contributed by atoms with van der Waals surface area (Å²) in [5.41, 5.74) is 0.246. The first-order valence-corrected chi connectivity index (χ1v) is 8.96. The molecule has 2 aromatic carbocycles. The molecule has 0 bridgehead atoms. The number of carbonyl (C=O) groups excluding carboxylic acids is 2. The van der Waals surface area contributed by atoms with Crippen LogP contribution >= 0.6 is 0 Å². The molecular weight excluding hydrogens is 371 g/mol. The van der Waals surface area contributed by atoms with Gasteiger partial charge in [-0.15, -0.1) is 0 Å². The third-order valence-corrected chi connectivity index (χ3v) is 4.63. The first-order chi connectivity index (χ1) is 13.5. The van der Waals surface area contributed by atoms with Crippen LogP contribution in [-0.4, -0.2) is 49.4 Å². The van der Waals surface area contributed by atoms with Crippen LogP contribution in [-0.2, 0) is 4.79 Å². The van der Waals surface area contributed by atoms with Crippen molar-refractivity contribution >= 4 is 17.5 Å². The zero-order valence-electron chi connectivity index (χ0n) is 15.1. The lowest BCUT2D eigenvalue weighted by atomic mass is 10.2. The van der Waals surface area contributed by atoms with Gasteiger partial charge < -0.3 is 15.1 Å². The average Bonchev–Trinajstić information content (AvgIpc) is 2.68. The van der Waals surface area contributed by atoms with E-state index in [1.165, 1.54) is 6.07 Å². The SMILES string of the molecule is O=C(NCCC(=O)N1CCN(c2ccccc2F)CC1)c1ccc(F)cc1F. The van der Waals surface area contributed by atoms with Gasteiger partial charge in [-0.25, -0.2) is 13.2 Å². The van der Waals surface area contributed by atoms with Crippen LogP contribution in [0.3, 0.4) is 0 Å². The Morgan fingerprint density at radius 2 is 1.64 bits per heavy atom. The fourth-order valence-electron chi connectivity index (χ4n) is 3.11. The van der Waals surface area contributed by atoms with Crippen molar-refractivity contribution in [2.24, 2.45) is 0 Å². The Kier molecular flexibility index (Phi) is 6.18. The lowest BCUT2D eigenvalue weighted by Gasteiger charge is -2.36. The number of hydrogen-bond donors (Lipinski definition) is 1. The molecule has 1 fully saturated rings. The van der Waals surface area contributed by atoms with E-state index in [9.17, 15) is 22.8 Å². The van der Waals surface area contributed by atoms with E-state index in [1.807, 2.05) is 4.90 Å². The second-order valence-corrected chi connectivity index (χ2v) is 6.45. The van der Waals surface area contributed by atoms with E-state index < -0.39 is 17.5 Å². The molecule has 1 aliphatic rings. The highest BCUT2D eigenvalue weighted by atomic mass is 19.1. The van der Waals surface area contributed by atoms with E-state index in [-0.39, 0.29) is 30.3 Å². The van der Waals surface area contributed by atoms with Crippen LogP contribution in [0.4, 0.5) is 18.9 Å². The number of hydrogen-bond acceptors (Lipinski definition) is 3. The number of benzene rings is 2. The second kappa shape index (κ2) is 8.77. The summed E-state index contributed by atoms with van der Waals surface area (Å²) in [4.78, 5) is 27.8. The van der Waals surface area contributed by atoms with Crippen LogP contribution in [0.25, 0.3) is 0 Å². The number of rotatable bonds is 5. The monoisotopic (exact) mass is 391 g/mol. The van der Waals surface area contributed by atoms with Crippen LogP contribution < -0.4 is 10.2 Å². The van der Waals surface area contributed by atoms with Gasteiger partial charge in [0.05, 0.1) is 11.3 Å². The Labute approximate surface area is 160 Å². The maximum atomic E-state index is 13.9. The summed E-state index contributed by atoms with van der Waals surface area (Å²) >= 11 is 0. The van der Waals surface area contributed by atoms with E-state index in [1.54, 1.807) is 23.1 Å². The van der Waals surface area contributed by atoms with E-state index in [0.29, 0.717) is 37.9 Å². The zero-order valence-corrected chi connectivity index (χ0v) is 15.1. The number of piperazine rings is 1. The summed E-state index contributed by atoms with van der Waals surface area (Å²) in [6.07, 6.45) is 0.0637. The van der Waals surface area contributed by atoms with E-state index in [2.05, 4.69) is 5.32 Å². The largest absolute Gasteiger partial charge is 0.366 e. The molecule has 0 saturated carbocycles. The van der Waals surface area contributed by atoms with Crippen LogP contribution in [0, 0.1) is 17.5 Å². The molecule has 1 N–H and O–H groups in total. The highest BCUT2D eigenvalue weighted by Crippen LogP contribution is 2.20. The minimum Gasteiger partial charge on any atom is -0.366 e. The molecule has 1 aliphatic heterocycles. The first kappa shape index (κ1) is 19.7. The summed E-state index contributed by atoms with van der Waals surface area (Å²) in [6, 6.07) is 9.20. The van der Waals surface area contributed by atoms with E-state index >= 15 is 0 Å². The molecule has 8 heteroatoms. The maximum absolute atomic E-state index is 13.9. The molecule has 0 aliphatic carbocycles. The quantitative estimate of drug-likeness (QED) is 0.853. The highest BCUT2D eigenvalue weighted by molar-refractivity contribution is 5.94. The van der Waals surface area contributed by atoms with Crippen LogP contribution in [0.15, 0.2) is 42.5 Å². The maximum Gasteiger partial charge on any atom is 0.254 e. The summed E-state index contributed by atoms with van der Waals surface area (Å²) < 4.78 is 40.3. The summed E-state index contributed by atoms with van der Waals surface area (Å²) in [5.74, 6) is -2.85. The van der Waals surface area contributed by atoms with Gasteiger partial charge in [0, 0.05) is 45.2 Å². The van der Waals surface area contributed by atoms with Gasteiger partial charge in [-0.2, -0.15) is 0 Å². The first-order valence-electron chi connectivity index (χ1n) is 8.96. The molecular formula is C20H20F3N3O2. The lowest BCUT2D eigenvalue weighted by Crippen LogP contribution is -2.49. The van der Waals surface area contributed by atoms with Gasteiger partial charge in [-0.3, -0.25) is 9.59 Å². The predicted octanol–water partition coefficient (Wildman–Crippen LogP) is 2.57. The third kappa shape index (κ3) is 4.62. The molecule has 0 aromatic heterocycles. The van der Waals surface area contributed by atoms with Gasteiger partial charge in [0.2, 0.25) is 5.91 Å². The molecule has 0 atom stereocenters. The minimum absolute atomic E-state index is 0.0437. The predicted molar refractivity (Wildman–Crippen MR) is 98.5 cm³/mol. The fourth-order valence-corrected chi connectivity index (χ4v) is 3.11. The smallest absolute Gasteiger partial charge is 0.254 e. The van der Waals surface area contributed by atoms with Crippen LogP contribution in [0.1, 0.15) is 16.8 Å². The van der Waals surface area contributed by atoms with Crippen molar-refractivity contribution in [3.8, 4) is 0 Å². The Bertz CT molecular complexity index is 868. The topological polar surface area (TPSA) is 52.7 Å². The normalized spacial score (nSPS) is 14.1. The van der Waals surface area contributed by atoms with Gasteiger partial charge in [0.25, 0.3) is 5.91 Å². The van der Waals surface area contributed by atoms with Crippen molar-refractivity contribution in [2.75, 3.05) is 37.6 Å². The molecule has 1 heterocycles. The second-order valence-electron chi connectivity index (χ2n) is 6.45. The van der Waals surface area contributed by atoms with Crippen molar-refractivity contribution in [1.82, 2.24) is 10.2 Å². The zero-order chi connectivity index (χ0) is 20.1. The number of nitrogens with one attached hydrogen (secondary N) is 1. The minimum atomic E-state index is -0.951. The standard InChI is InChI=1S/C20H20F3N3O2/c21-14-5-6-15(17(23)13-14)20(28)24-8-7-19(27)26-11-9-25(10-12-26)18-4-2-1-3-16(18)22/h1-6,13H,7-12H2,(H,24,28). The Morgan fingerprint density at radius 1 is 0.929 bits per heavy atom. The fraction of sp³-hybridized carbons (Fsp3) is 0.300. The molecule has 148 valence electrons. The van der Waals surface area contributed by atoms with Crippen LogP contribution in [0.2, 0.25) is 0 Å². The van der Waals surface area contributed by atoms with E-state index in [0.717, 1.165) is 12.1 Å². The number of nitrogens with zero attached hydrogens (tertiary/aromatic N) is 2. The number of para-hydroxylation sites is 1.